The Morgan fingerprint density at radius 2 is 1.75 bits per heavy atom. The maximum absolute atomic E-state index is 12.8. The molecule has 1 N–H and O–H groups in total. The summed E-state index contributed by atoms with van der Waals surface area (Å²) in [5, 5.41) is 7.27. The van der Waals surface area contributed by atoms with Crippen molar-refractivity contribution in [2.24, 2.45) is 5.92 Å². The van der Waals surface area contributed by atoms with Crippen LogP contribution in [0, 0.1) is 5.92 Å². The highest BCUT2D eigenvalue weighted by atomic mass is 16.5. The highest BCUT2D eigenvalue weighted by Crippen LogP contribution is 2.34. The van der Waals surface area contributed by atoms with Crippen LogP contribution in [0.1, 0.15) is 86.8 Å². The van der Waals surface area contributed by atoms with E-state index in [4.69, 9.17) is 9.26 Å². The van der Waals surface area contributed by atoms with Crippen LogP contribution in [0.15, 0.2) is 28.8 Å². The molecule has 0 spiro atoms. The summed E-state index contributed by atoms with van der Waals surface area (Å²) in [6, 6.07) is 7.18. The van der Waals surface area contributed by atoms with E-state index in [1.165, 1.54) is 6.92 Å². The highest BCUT2D eigenvalue weighted by molar-refractivity contribution is 5.98. The third kappa shape index (κ3) is 6.12. The Morgan fingerprint density at radius 1 is 1.08 bits per heavy atom. The van der Waals surface area contributed by atoms with Gasteiger partial charge in [-0.1, -0.05) is 30.8 Å². The minimum atomic E-state index is -0.591. The van der Waals surface area contributed by atoms with Crippen LogP contribution < -0.4 is 10.1 Å². The van der Waals surface area contributed by atoms with E-state index in [2.05, 4.69) is 15.5 Å². The maximum Gasteiger partial charge on any atom is 0.227 e. The van der Waals surface area contributed by atoms with Gasteiger partial charge in [0.15, 0.2) is 11.6 Å². The minimum absolute atomic E-state index is 0.0242. The molecule has 0 unspecified atom stereocenters. The lowest BCUT2D eigenvalue weighted by molar-refractivity contribution is -0.132. The lowest BCUT2D eigenvalue weighted by Gasteiger charge is -2.31. The van der Waals surface area contributed by atoms with Gasteiger partial charge in [-0.15, -0.1) is 0 Å². The third-order valence-electron chi connectivity index (χ3n) is 7.41. The summed E-state index contributed by atoms with van der Waals surface area (Å²) in [5.74, 6) is 1.61. The standard InChI is InChI=1S/C27H36N4O5/c1-19(32)29-27(15-5-3-4-6-16-27)26-28-23(36-30-26)11-12-24(33)31-17-13-21(14-18-31)25(34)20-7-9-22(35-2)10-8-20/h7-10,21H,3-6,11-18H2,1-2H3,(H,29,32). The van der Waals surface area contributed by atoms with Gasteiger partial charge >= 0.3 is 0 Å². The number of carbonyl (C=O) groups excluding carboxylic acids is 3. The van der Waals surface area contributed by atoms with Crippen molar-refractivity contribution in [3.05, 3.63) is 41.5 Å². The number of amides is 2. The molecular formula is C27H36N4O5. The van der Waals surface area contributed by atoms with Gasteiger partial charge in [0.1, 0.15) is 11.3 Å². The maximum atomic E-state index is 12.8. The number of Topliss-reactive ketones (excluding diaryl/α,β-unsaturated/α-hetero) is 1. The van der Waals surface area contributed by atoms with Crippen molar-refractivity contribution in [2.75, 3.05) is 20.2 Å². The highest BCUT2D eigenvalue weighted by Gasteiger charge is 2.38. The fourth-order valence-corrected chi connectivity index (χ4v) is 5.38. The van der Waals surface area contributed by atoms with Crippen LogP contribution in [0.5, 0.6) is 5.75 Å². The predicted octanol–water partition coefficient (Wildman–Crippen LogP) is 3.82. The average molecular weight is 497 g/mol. The van der Waals surface area contributed by atoms with E-state index in [1.54, 1.807) is 31.4 Å². The Bertz CT molecular complexity index is 1050. The number of piperidine rings is 1. The number of likely N-dealkylation sites (tertiary alicyclic amines) is 1. The fraction of sp³-hybridized carbons (Fsp3) is 0.593. The van der Waals surface area contributed by atoms with Crippen LogP contribution >= 0.6 is 0 Å². The molecule has 2 aliphatic rings. The zero-order chi connectivity index (χ0) is 25.5. The SMILES string of the molecule is COc1ccc(C(=O)C2CCN(C(=O)CCc3nc(C4(NC(C)=O)CCCCCC4)no3)CC2)cc1. The molecule has 1 aliphatic carbocycles. The molecule has 1 aliphatic heterocycles. The number of nitrogens with one attached hydrogen (secondary N) is 1. The summed E-state index contributed by atoms with van der Waals surface area (Å²) in [7, 11) is 1.60. The molecule has 2 fully saturated rings. The summed E-state index contributed by atoms with van der Waals surface area (Å²) < 4.78 is 10.6. The van der Waals surface area contributed by atoms with Crippen LogP contribution in [-0.2, 0) is 21.5 Å². The number of ether oxygens (including phenoxy) is 1. The van der Waals surface area contributed by atoms with Gasteiger partial charge in [0.05, 0.1) is 7.11 Å². The first-order valence-electron chi connectivity index (χ1n) is 13.0. The quantitative estimate of drug-likeness (QED) is 0.436. The van der Waals surface area contributed by atoms with Crippen molar-refractivity contribution < 1.29 is 23.6 Å². The van der Waals surface area contributed by atoms with Gasteiger partial charge in [0.25, 0.3) is 0 Å². The first-order chi connectivity index (χ1) is 17.4. The number of benzene rings is 1. The topological polar surface area (TPSA) is 115 Å². The molecule has 0 bridgehead atoms. The largest absolute Gasteiger partial charge is 0.497 e. The van der Waals surface area contributed by atoms with E-state index in [0.29, 0.717) is 49.6 Å². The number of hydrogen-bond donors (Lipinski definition) is 1. The zero-order valence-electron chi connectivity index (χ0n) is 21.3. The predicted molar refractivity (Wildman–Crippen MR) is 132 cm³/mol. The molecule has 1 saturated heterocycles. The molecule has 1 aromatic carbocycles. The third-order valence-corrected chi connectivity index (χ3v) is 7.41. The monoisotopic (exact) mass is 496 g/mol. The fourth-order valence-electron chi connectivity index (χ4n) is 5.38. The van der Waals surface area contributed by atoms with Gasteiger partial charge in [-0.05, 0) is 49.9 Å². The second-order valence-corrected chi connectivity index (χ2v) is 9.94. The molecule has 36 heavy (non-hydrogen) atoms. The van der Waals surface area contributed by atoms with Gasteiger partial charge in [0.2, 0.25) is 17.7 Å². The van der Waals surface area contributed by atoms with Gasteiger partial charge in [-0.25, -0.2) is 0 Å². The number of carbonyl (C=O) groups is 3. The number of ketones is 1. The van der Waals surface area contributed by atoms with Crippen LogP contribution in [0.25, 0.3) is 0 Å². The number of hydrogen-bond acceptors (Lipinski definition) is 7. The Labute approximate surface area is 212 Å². The molecule has 194 valence electrons. The Morgan fingerprint density at radius 3 is 2.36 bits per heavy atom. The minimum Gasteiger partial charge on any atom is -0.497 e. The van der Waals surface area contributed by atoms with Crippen molar-refractivity contribution in [1.82, 2.24) is 20.4 Å². The molecule has 0 radical (unpaired) electrons. The molecule has 2 heterocycles. The molecular weight excluding hydrogens is 460 g/mol. The van der Waals surface area contributed by atoms with Gasteiger partial charge in [0, 0.05) is 44.3 Å². The first kappa shape index (κ1) is 25.9. The number of aryl methyl sites for hydroxylation is 1. The Hall–Kier alpha value is -3.23. The van der Waals surface area contributed by atoms with Crippen molar-refractivity contribution >= 4 is 17.6 Å². The van der Waals surface area contributed by atoms with E-state index in [1.807, 2.05) is 4.90 Å². The molecule has 2 amide bonds. The molecule has 1 aromatic heterocycles. The van der Waals surface area contributed by atoms with E-state index in [0.717, 1.165) is 44.3 Å². The summed E-state index contributed by atoms with van der Waals surface area (Å²) in [4.78, 5) is 44.0. The number of rotatable bonds is 8. The molecule has 1 saturated carbocycles. The Balaban J connectivity index is 1.29. The van der Waals surface area contributed by atoms with Gasteiger partial charge in [-0.3, -0.25) is 14.4 Å². The smallest absolute Gasteiger partial charge is 0.227 e. The lowest BCUT2D eigenvalue weighted by atomic mass is 9.88. The molecule has 4 rings (SSSR count). The summed E-state index contributed by atoms with van der Waals surface area (Å²) >= 11 is 0. The van der Waals surface area contributed by atoms with Crippen molar-refractivity contribution in [2.45, 2.75) is 76.7 Å². The summed E-state index contributed by atoms with van der Waals surface area (Å²) in [5.41, 5.74) is 0.0883. The lowest BCUT2D eigenvalue weighted by Crippen LogP contribution is -2.45. The first-order valence-corrected chi connectivity index (χ1v) is 13.0. The van der Waals surface area contributed by atoms with E-state index in [-0.39, 0.29) is 29.9 Å². The van der Waals surface area contributed by atoms with Crippen molar-refractivity contribution in [1.29, 1.82) is 0 Å². The summed E-state index contributed by atoms with van der Waals surface area (Å²) in [6.45, 7) is 2.64. The van der Waals surface area contributed by atoms with Crippen molar-refractivity contribution in [3.63, 3.8) is 0 Å². The molecule has 0 atom stereocenters. The van der Waals surface area contributed by atoms with Crippen LogP contribution in [0.3, 0.4) is 0 Å². The number of aromatic nitrogens is 2. The van der Waals surface area contributed by atoms with Crippen LogP contribution in [0.2, 0.25) is 0 Å². The Kier molecular flexibility index (Phi) is 8.38. The molecule has 9 nitrogen and oxygen atoms in total. The normalized spacial score (nSPS) is 18.3. The molecule has 9 heteroatoms. The second-order valence-electron chi connectivity index (χ2n) is 9.94. The average Bonchev–Trinajstić information content (AvgIpc) is 3.26. The van der Waals surface area contributed by atoms with Gasteiger partial charge < -0.3 is 19.5 Å². The molecule has 2 aromatic rings. The zero-order valence-corrected chi connectivity index (χ0v) is 21.3. The van der Waals surface area contributed by atoms with Gasteiger partial charge in [-0.2, -0.15) is 4.98 Å². The second kappa shape index (κ2) is 11.7. The number of nitrogens with zero attached hydrogens (tertiary/aromatic N) is 3. The van der Waals surface area contributed by atoms with E-state index in [9.17, 15) is 14.4 Å². The van der Waals surface area contributed by atoms with Crippen LogP contribution in [0.4, 0.5) is 0 Å². The van der Waals surface area contributed by atoms with Crippen LogP contribution in [-0.4, -0.2) is 52.8 Å². The van der Waals surface area contributed by atoms with E-state index >= 15 is 0 Å². The summed E-state index contributed by atoms with van der Waals surface area (Å²) in [6.07, 6.45) is 7.76. The van der Waals surface area contributed by atoms with Crippen molar-refractivity contribution in [3.8, 4) is 5.75 Å². The number of methoxy groups -OCH3 is 1. The van der Waals surface area contributed by atoms with E-state index < -0.39 is 5.54 Å².